The Kier molecular flexibility index (Phi) is 7.43. The van der Waals surface area contributed by atoms with Crippen LogP contribution in [0.15, 0.2) is 28.1 Å². The molecule has 5 aliphatic rings. The maximum Gasteiger partial charge on any atom is 0.352 e. The number of carboxylic acids is 1. The molecule has 0 radical (unpaired) electrons. The Morgan fingerprint density at radius 2 is 2.07 bits per heavy atom. The van der Waals surface area contributed by atoms with Crippen molar-refractivity contribution in [3.8, 4) is 0 Å². The molecule has 218 valence electrons. The van der Waals surface area contributed by atoms with Crippen molar-refractivity contribution in [2.75, 3.05) is 50.8 Å². The first-order chi connectivity index (χ1) is 19.7. The number of allylic oxidation sites excluding steroid dienone is 1. The topological polar surface area (TPSA) is 207 Å². The van der Waals surface area contributed by atoms with E-state index in [1.807, 2.05) is 4.90 Å². The van der Waals surface area contributed by atoms with E-state index in [0.29, 0.717) is 30.0 Å². The number of rotatable bonds is 8. The van der Waals surface area contributed by atoms with Crippen LogP contribution in [0, 0.1) is 5.92 Å². The number of carbonyl (C=O) groups is 4. The molecule has 0 spiro atoms. The van der Waals surface area contributed by atoms with Crippen LogP contribution < -0.4 is 16.4 Å². The lowest BCUT2D eigenvalue weighted by atomic mass is 10.0. The fraction of sp³-hybridized carbons (Fsp3) is 0.542. The summed E-state index contributed by atoms with van der Waals surface area (Å²) >= 11 is 2.08. The van der Waals surface area contributed by atoms with Crippen LogP contribution in [0.3, 0.4) is 0 Å². The molecule has 4 fully saturated rings. The van der Waals surface area contributed by atoms with Crippen molar-refractivity contribution in [1.29, 1.82) is 0 Å². The summed E-state index contributed by atoms with van der Waals surface area (Å²) in [6.07, 6.45) is 3.05. The van der Waals surface area contributed by atoms with E-state index in [4.69, 9.17) is 5.73 Å². The SMILES string of the molecule is Nc1nc(/C(=N/O)C(=O)N[C@@H]2C(=O)N3C(C(=O)O)=C(/C=C4\CCN(C5CCN(CC6CNC6)C5)C4=O)CS[C@H]23)ns1. The number of aromatic nitrogens is 2. The summed E-state index contributed by atoms with van der Waals surface area (Å²) in [5.41, 5.74) is 5.73. The number of nitrogens with two attached hydrogens (primary N) is 1. The summed E-state index contributed by atoms with van der Waals surface area (Å²) in [5, 5.41) is 27.4. The minimum atomic E-state index is -1.29. The van der Waals surface area contributed by atoms with Crippen molar-refractivity contribution < 1.29 is 29.5 Å². The van der Waals surface area contributed by atoms with E-state index in [9.17, 15) is 29.5 Å². The Bertz CT molecular complexity index is 1390. The molecule has 3 amide bonds. The van der Waals surface area contributed by atoms with E-state index >= 15 is 0 Å². The van der Waals surface area contributed by atoms with E-state index in [0.717, 1.165) is 55.6 Å². The van der Waals surface area contributed by atoms with Crippen molar-refractivity contribution in [2.24, 2.45) is 11.1 Å². The zero-order chi connectivity index (χ0) is 28.8. The predicted octanol–water partition coefficient (Wildman–Crippen LogP) is -1.51. The molecule has 17 heteroatoms. The first kappa shape index (κ1) is 27.6. The molecule has 6 N–H and O–H groups in total. The summed E-state index contributed by atoms with van der Waals surface area (Å²) < 4.78 is 3.84. The van der Waals surface area contributed by atoms with E-state index in [1.165, 1.54) is 11.8 Å². The van der Waals surface area contributed by atoms with Gasteiger partial charge in [-0.1, -0.05) is 5.16 Å². The van der Waals surface area contributed by atoms with E-state index in [-0.39, 0.29) is 34.4 Å². The van der Waals surface area contributed by atoms with Crippen LogP contribution in [0.2, 0.25) is 0 Å². The summed E-state index contributed by atoms with van der Waals surface area (Å²) in [5.74, 6) is -2.19. The largest absolute Gasteiger partial charge is 0.477 e. The maximum atomic E-state index is 13.3. The molecule has 6 rings (SSSR count). The molecule has 1 aromatic rings. The van der Waals surface area contributed by atoms with Crippen LogP contribution in [-0.4, -0.2) is 126 Å². The lowest BCUT2D eigenvalue weighted by Gasteiger charge is -2.49. The standard InChI is InChI=1S/C24H29N9O6S2/c25-24-28-18(30-41-24)15(29-39)19(34)27-16-21(36)33-17(23(37)38)13(10-40-22(16)33)5-12-1-4-32(20(12)35)14-2-3-31(9-14)8-11-6-26-7-11/h5,11,14,16,22,26,39H,1-4,6-10H2,(H,27,34)(H,37,38)(H2,25,28,30)/b12-5+,29-15-/t14?,16-,22-/m1/s1. The molecule has 5 aliphatic heterocycles. The van der Waals surface area contributed by atoms with Crippen LogP contribution >= 0.6 is 23.3 Å². The lowest BCUT2D eigenvalue weighted by molar-refractivity contribution is -0.150. The van der Waals surface area contributed by atoms with E-state index in [2.05, 4.69) is 30.0 Å². The molecule has 0 aliphatic carbocycles. The number of nitrogen functional groups attached to an aromatic ring is 1. The first-order valence-corrected chi connectivity index (χ1v) is 15.1. The number of aliphatic carboxylic acids is 1. The van der Waals surface area contributed by atoms with Gasteiger partial charge < -0.3 is 36.5 Å². The second-order valence-corrected chi connectivity index (χ2v) is 12.5. The Morgan fingerprint density at radius 1 is 1.27 bits per heavy atom. The van der Waals surface area contributed by atoms with Gasteiger partial charge in [-0.05, 0) is 30.4 Å². The molecule has 0 saturated carbocycles. The van der Waals surface area contributed by atoms with Gasteiger partial charge in [0.2, 0.25) is 17.4 Å². The lowest BCUT2D eigenvalue weighted by Crippen LogP contribution is -2.71. The van der Waals surface area contributed by atoms with Gasteiger partial charge in [0.25, 0.3) is 11.8 Å². The number of anilines is 1. The van der Waals surface area contributed by atoms with E-state index in [1.54, 1.807) is 6.08 Å². The van der Waals surface area contributed by atoms with Gasteiger partial charge in [0, 0.05) is 68.2 Å². The quantitative estimate of drug-likeness (QED) is 0.0756. The van der Waals surface area contributed by atoms with Crippen molar-refractivity contribution in [3.63, 3.8) is 0 Å². The van der Waals surface area contributed by atoms with Gasteiger partial charge in [-0.3, -0.25) is 19.3 Å². The Labute approximate surface area is 242 Å². The maximum absolute atomic E-state index is 13.3. The molecular formula is C24H29N9O6S2. The predicted molar refractivity (Wildman–Crippen MR) is 148 cm³/mol. The fourth-order valence-corrected chi connectivity index (χ4v) is 7.63. The number of thioether (sulfide) groups is 1. The molecule has 6 heterocycles. The molecule has 0 aromatic carbocycles. The monoisotopic (exact) mass is 603 g/mol. The van der Waals surface area contributed by atoms with Gasteiger partial charge in [-0.25, -0.2) is 4.79 Å². The molecule has 1 aromatic heterocycles. The fourth-order valence-electron chi connectivity index (χ4n) is 5.89. The smallest absolute Gasteiger partial charge is 0.352 e. The molecular weight excluding hydrogens is 574 g/mol. The molecule has 3 atom stereocenters. The highest BCUT2D eigenvalue weighted by Crippen LogP contribution is 2.41. The summed E-state index contributed by atoms with van der Waals surface area (Å²) in [6, 6.07) is -0.905. The average Bonchev–Trinajstić information content (AvgIpc) is 3.65. The third kappa shape index (κ3) is 5.06. The van der Waals surface area contributed by atoms with Crippen LogP contribution in [0.1, 0.15) is 18.7 Å². The third-order valence-electron chi connectivity index (χ3n) is 8.03. The number of likely N-dealkylation sites (tertiary alicyclic amines) is 2. The molecule has 0 bridgehead atoms. The second kappa shape index (κ2) is 11.0. The van der Waals surface area contributed by atoms with Crippen molar-refractivity contribution in [1.82, 2.24) is 34.7 Å². The Hall–Kier alpha value is -3.54. The third-order valence-corrected chi connectivity index (χ3v) is 9.88. The van der Waals surface area contributed by atoms with Gasteiger partial charge in [-0.2, -0.15) is 9.36 Å². The number of hydrogen-bond donors (Lipinski definition) is 5. The summed E-state index contributed by atoms with van der Waals surface area (Å²) in [4.78, 5) is 60.6. The molecule has 41 heavy (non-hydrogen) atoms. The number of nitrogens with zero attached hydrogens (tertiary/aromatic N) is 6. The van der Waals surface area contributed by atoms with Gasteiger partial charge in [0.05, 0.1) is 0 Å². The Balaban J connectivity index is 1.13. The van der Waals surface area contributed by atoms with Crippen molar-refractivity contribution in [2.45, 2.75) is 30.3 Å². The molecule has 15 nitrogen and oxygen atoms in total. The van der Waals surface area contributed by atoms with Crippen LogP contribution in [0.4, 0.5) is 5.13 Å². The Morgan fingerprint density at radius 3 is 2.73 bits per heavy atom. The van der Waals surface area contributed by atoms with Crippen LogP contribution in [0.5, 0.6) is 0 Å². The zero-order valence-electron chi connectivity index (χ0n) is 21.9. The minimum Gasteiger partial charge on any atom is -0.477 e. The van der Waals surface area contributed by atoms with Crippen molar-refractivity contribution >= 4 is 57.8 Å². The number of amides is 3. The zero-order valence-corrected chi connectivity index (χ0v) is 23.5. The molecule has 1 unspecified atom stereocenters. The van der Waals surface area contributed by atoms with Crippen LogP contribution in [0.25, 0.3) is 0 Å². The first-order valence-electron chi connectivity index (χ1n) is 13.2. The van der Waals surface area contributed by atoms with Crippen LogP contribution in [-0.2, 0) is 19.2 Å². The highest BCUT2D eigenvalue weighted by Gasteiger charge is 2.54. The van der Waals surface area contributed by atoms with E-state index < -0.39 is 34.9 Å². The van der Waals surface area contributed by atoms with Gasteiger partial charge in [-0.15, -0.1) is 11.8 Å². The summed E-state index contributed by atoms with van der Waals surface area (Å²) in [6.45, 7) is 5.52. The summed E-state index contributed by atoms with van der Waals surface area (Å²) in [7, 11) is 0. The number of nitrogens with one attached hydrogen (secondary N) is 2. The number of fused-ring (bicyclic) bond motifs is 1. The highest BCUT2D eigenvalue weighted by molar-refractivity contribution is 8.00. The number of oxime groups is 1. The van der Waals surface area contributed by atoms with Gasteiger partial charge in [0.1, 0.15) is 17.1 Å². The number of hydrogen-bond acceptors (Lipinski definition) is 13. The number of carbonyl (C=O) groups excluding carboxylic acids is 3. The van der Waals surface area contributed by atoms with Gasteiger partial charge >= 0.3 is 5.97 Å². The highest BCUT2D eigenvalue weighted by atomic mass is 32.2. The minimum absolute atomic E-state index is 0.0661. The number of carboxylic acid groups (broad SMARTS) is 1. The van der Waals surface area contributed by atoms with Gasteiger partial charge in [0.15, 0.2) is 5.13 Å². The number of β-lactam (4-membered cyclic amide) rings is 1. The normalized spacial score (nSPS) is 28.2. The molecule has 4 saturated heterocycles. The second-order valence-electron chi connectivity index (χ2n) is 10.6. The average molecular weight is 604 g/mol. The van der Waals surface area contributed by atoms with Crippen molar-refractivity contribution in [3.05, 3.63) is 28.7 Å².